The van der Waals surface area contributed by atoms with Crippen LogP contribution in [-0.2, 0) is 23.9 Å². The number of amides is 2. The molecule has 0 aromatic heterocycles. The Kier molecular flexibility index (Phi) is 13.6. The summed E-state index contributed by atoms with van der Waals surface area (Å²) < 4.78 is 44.0. The van der Waals surface area contributed by atoms with Crippen molar-refractivity contribution in [3.63, 3.8) is 0 Å². The molecule has 1 aliphatic heterocycles. The third-order valence-electron chi connectivity index (χ3n) is 8.37. The summed E-state index contributed by atoms with van der Waals surface area (Å²) in [5.41, 5.74) is 4.04. The predicted molar refractivity (Wildman–Crippen MR) is 195 cm³/mol. The summed E-state index contributed by atoms with van der Waals surface area (Å²) in [7, 11) is 4.19. The fourth-order valence-corrected chi connectivity index (χ4v) is 5.75. The standard InChI is InChI=1S/C23H25F3N2O4.C17H22N2/c1-14-11-28(15(2)12-29)22(31)18-4-3-5-19(21(18)32-13-14)27-20(30)10-16-6-8-17(9-7-16)23(24,25)26;1-4-19(16-8-6-5-7-9-16)17-12-10-15(11-13-17)14-18(2)3/h3-9,14-15,29H,10-13H2,1-2H3,(H,27,30);5-13H,4,14H2,1-3H3/t14-,15+;/m1./s1. The molecule has 8 nitrogen and oxygen atoms in total. The number of fused-ring (bicyclic) bond motifs is 1. The second-order valence-corrected chi connectivity index (χ2v) is 13.0. The van der Waals surface area contributed by atoms with Crippen LogP contribution in [0.5, 0.6) is 5.75 Å². The molecule has 0 fully saturated rings. The van der Waals surface area contributed by atoms with E-state index in [0.29, 0.717) is 24.4 Å². The zero-order valence-corrected chi connectivity index (χ0v) is 29.8. The fourth-order valence-electron chi connectivity index (χ4n) is 5.75. The van der Waals surface area contributed by atoms with Crippen molar-refractivity contribution in [2.24, 2.45) is 5.92 Å². The maximum Gasteiger partial charge on any atom is 0.416 e. The van der Waals surface area contributed by atoms with E-state index < -0.39 is 17.6 Å². The molecule has 0 unspecified atom stereocenters. The first-order valence-corrected chi connectivity index (χ1v) is 17.0. The molecule has 0 bridgehead atoms. The minimum absolute atomic E-state index is 0.00277. The second-order valence-electron chi connectivity index (χ2n) is 13.0. The first kappa shape index (κ1) is 38.9. The van der Waals surface area contributed by atoms with Gasteiger partial charge in [0.25, 0.3) is 5.91 Å². The number of anilines is 3. The maximum atomic E-state index is 13.1. The van der Waals surface area contributed by atoms with E-state index in [1.165, 1.54) is 29.1 Å². The highest BCUT2D eigenvalue weighted by molar-refractivity contribution is 6.02. The molecule has 0 saturated heterocycles. The van der Waals surface area contributed by atoms with Crippen LogP contribution in [0.4, 0.5) is 30.2 Å². The Balaban J connectivity index is 0.000000261. The molecule has 4 aromatic carbocycles. The van der Waals surface area contributed by atoms with Crippen LogP contribution in [0.25, 0.3) is 0 Å². The number of aliphatic hydroxyl groups excluding tert-OH is 1. The largest absolute Gasteiger partial charge is 0.490 e. The smallest absolute Gasteiger partial charge is 0.416 e. The molecule has 4 aromatic rings. The number of para-hydroxylation sites is 2. The number of nitrogens with zero attached hydrogens (tertiary/aromatic N) is 3. The third kappa shape index (κ3) is 10.8. The van der Waals surface area contributed by atoms with Gasteiger partial charge in [-0.2, -0.15) is 13.2 Å². The first-order valence-electron chi connectivity index (χ1n) is 17.0. The van der Waals surface area contributed by atoms with E-state index in [4.69, 9.17) is 4.74 Å². The fraction of sp³-hybridized carbons (Fsp3) is 0.350. The van der Waals surface area contributed by atoms with E-state index in [2.05, 4.69) is 90.7 Å². The first-order chi connectivity index (χ1) is 24.3. The zero-order valence-electron chi connectivity index (χ0n) is 29.8. The van der Waals surface area contributed by atoms with E-state index in [0.717, 1.165) is 25.2 Å². The molecule has 51 heavy (non-hydrogen) atoms. The lowest BCUT2D eigenvalue weighted by atomic mass is 10.0. The zero-order chi connectivity index (χ0) is 37.1. The minimum Gasteiger partial charge on any atom is -0.490 e. The highest BCUT2D eigenvalue weighted by Gasteiger charge is 2.31. The lowest BCUT2D eigenvalue weighted by Gasteiger charge is -2.33. The lowest BCUT2D eigenvalue weighted by molar-refractivity contribution is -0.137. The normalized spacial score (nSPS) is 15.1. The molecule has 11 heteroatoms. The van der Waals surface area contributed by atoms with Crippen molar-refractivity contribution in [1.29, 1.82) is 0 Å². The summed E-state index contributed by atoms with van der Waals surface area (Å²) in [4.78, 5) is 31.7. The molecule has 2 N–H and O–H groups in total. The molecule has 2 atom stereocenters. The van der Waals surface area contributed by atoms with E-state index in [-0.39, 0.29) is 42.2 Å². The Morgan fingerprint density at radius 1 is 0.941 bits per heavy atom. The van der Waals surface area contributed by atoms with Crippen molar-refractivity contribution in [3.8, 4) is 5.75 Å². The summed E-state index contributed by atoms with van der Waals surface area (Å²) in [5.74, 6) is -0.534. The number of benzene rings is 4. The summed E-state index contributed by atoms with van der Waals surface area (Å²) >= 11 is 0. The Labute approximate surface area is 298 Å². The van der Waals surface area contributed by atoms with E-state index >= 15 is 0 Å². The minimum atomic E-state index is -4.44. The van der Waals surface area contributed by atoms with Gasteiger partial charge in [-0.05, 0) is 87.6 Å². The molecule has 1 aliphatic rings. The molecule has 0 radical (unpaired) electrons. The van der Waals surface area contributed by atoms with Gasteiger partial charge in [0.1, 0.15) is 0 Å². The van der Waals surface area contributed by atoms with Crippen molar-refractivity contribution in [2.75, 3.05) is 50.6 Å². The molecule has 0 aliphatic carbocycles. The van der Waals surface area contributed by atoms with Gasteiger partial charge >= 0.3 is 6.18 Å². The summed E-state index contributed by atoms with van der Waals surface area (Å²) in [6.45, 7) is 8.35. The molecule has 2 amide bonds. The van der Waals surface area contributed by atoms with Crippen LogP contribution in [0.15, 0.2) is 97.1 Å². The quantitative estimate of drug-likeness (QED) is 0.177. The van der Waals surface area contributed by atoms with Crippen molar-refractivity contribution < 1.29 is 32.6 Å². The summed E-state index contributed by atoms with van der Waals surface area (Å²) in [5, 5.41) is 12.2. The number of hydrogen-bond donors (Lipinski definition) is 2. The third-order valence-corrected chi connectivity index (χ3v) is 8.37. The Hall–Kier alpha value is -4.87. The van der Waals surface area contributed by atoms with E-state index in [1.54, 1.807) is 30.0 Å². The van der Waals surface area contributed by atoms with Gasteiger partial charge in [-0.25, -0.2) is 0 Å². The summed E-state index contributed by atoms with van der Waals surface area (Å²) in [6.07, 6.45) is -4.58. The number of hydrogen-bond acceptors (Lipinski definition) is 6. The Morgan fingerprint density at radius 2 is 1.57 bits per heavy atom. The van der Waals surface area contributed by atoms with Gasteiger partial charge < -0.3 is 29.9 Å². The molecular formula is C40H47F3N4O4. The Bertz CT molecular complexity index is 1710. The average Bonchev–Trinajstić information content (AvgIpc) is 3.10. The number of alkyl halides is 3. The number of aliphatic hydroxyl groups is 1. The number of carbonyl (C=O) groups excluding carboxylic acids is 2. The van der Waals surface area contributed by atoms with Crippen molar-refractivity contribution in [3.05, 3.63) is 119 Å². The van der Waals surface area contributed by atoms with Crippen molar-refractivity contribution in [2.45, 2.75) is 46.0 Å². The van der Waals surface area contributed by atoms with E-state index in [1.807, 2.05) is 6.92 Å². The second kappa shape index (κ2) is 17.9. The van der Waals surface area contributed by atoms with Gasteiger partial charge in [0, 0.05) is 36.9 Å². The molecule has 1 heterocycles. The van der Waals surface area contributed by atoms with Crippen LogP contribution >= 0.6 is 0 Å². The van der Waals surface area contributed by atoms with Crippen LogP contribution in [0.1, 0.15) is 47.8 Å². The lowest BCUT2D eigenvalue weighted by Crippen LogP contribution is -2.45. The van der Waals surface area contributed by atoms with E-state index in [9.17, 15) is 27.9 Å². The average molecular weight is 705 g/mol. The van der Waals surface area contributed by atoms with Crippen molar-refractivity contribution in [1.82, 2.24) is 9.80 Å². The summed E-state index contributed by atoms with van der Waals surface area (Å²) in [6, 6.07) is 28.1. The van der Waals surface area contributed by atoms with Gasteiger partial charge in [-0.3, -0.25) is 9.59 Å². The SMILES string of the molecule is CCN(c1ccccc1)c1ccc(CN(C)C)cc1.C[C@H]1COc2c(NC(=O)Cc3ccc(C(F)(F)F)cc3)cccc2C(=O)N([C@@H](C)CO)C1. The maximum absolute atomic E-state index is 13.1. The molecule has 0 saturated carbocycles. The van der Waals surface area contributed by atoms with Gasteiger partial charge in [0.15, 0.2) is 5.75 Å². The van der Waals surface area contributed by atoms with Crippen LogP contribution in [0.3, 0.4) is 0 Å². The highest BCUT2D eigenvalue weighted by Crippen LogP contribution is 2.33. The van der Waals surface area contributed by atoms with Crippen LogP contribution in [0.2, 0.25) is 0 Å². The van der Waals surface area contributed by atoms with Crippen LogP contribution < -0.4 is 15.0 Å². The number of ether oxygens (including phenoxy) is 1. The highest BCUT2D eigenvalue weighted by atomic mass is 19.4. The Morgan fingerprint density at radius 3 is 2.16 bits per heavy atom. The van der Waals surface area contributed by atoms with Crippen LogP contribution in [0, 0.1) is 5.92 Å². The molecule has 5 rings (SSSR count). The molecular weight excluding hydrogens is 657 g/mol. The number of halogens is 3. The topological polar surface area (TPSA) is 85.4 Å². The number of nitrogens with one attached hydrogen (secondary N) is 1. The van der Waals surface area contributed by atoms with Gasteiger partial charge in [0.05, 0.1) is 42.5 Å². The molecule has 0 spiro atoms. The van der Waals surface area contributed by atoms with Gasteiger partial charge in [-0.15, -0.1) is 0 Å². The van der Waals surface area contributed by atoms with Crippen molar-refractivity contribution >= 4 is 28.9 Å². The predicted octanol–water partition coefficient (Wildman–Crippen LogP) is 7.64. The number of carbonyl (C=O) groups is 2. The van der Waals surface area contributed by atoms with Crippen LogP contribution in [-0.4, -0.2) is 73.2 Å². The number of rotatable bonds is 10. The van der Waals surface area contributed by atoms with Gasteiger partial charge in [-0.1, -0.05) is 55.5 Å². The van der Waals surface area contributed by atoms with Gasteiger partial charge in [0.2, 0.25) is 5.91 Å². The monoisotopic (exact) mass is 704 g/mol. The molecule has 272 valence electrons.